The first-order valence-electron chi connectivity index (χ1n) is 12.2. The Labute approximate surface area is 250 Å². The van der Waals surface area contributed by atoms with Crippen molar-refractivity contribution in [2.75, 3.05) is 10.0 Å². The van der Waals surface area contributed by atoms with Gasteiger partial charge in [0.1, 0.15) is 5.25 Å². The molecule has 4 aromatic carbocycles. The third kappa shape index (κ3) is 7.00. The van der Waals surface area contributed by atoms with Crippen LogP contribution in [0.3, 0.4) is 0 Å². The van der Waals surface area contributed by atoms with Crippen molar-refractivity contribution in [2.24, 2.45) is 0 Å². The molecule has 0 radical (unpaired) electrons. The van der Waals surface area contributed by atoms with Gasteiger partial charge in [-0.15, -0.1) is 23.1 Å². The molecule has 1 unspecified atom stereocenters. The van der Waals surface area contributed by atoms with Crippen molar-refractivity contribution >= 4 is 65.8 Å². The molecule has 1 heterocycles. The SMILES string of the molecule is Cc1ccc(S(=O)(=O)Nc2ccc(SC(C(=O)Nc3nc(-c4ccc(Br)cc4)cs3)c3ccccc3)cc2)cc1. The van der Waals surface area contributed by atoms with Gasteiger partial charge in [0, 0.05) is 26.0 Å². The molecule has 5 aromatic rings. The maximum Gasteiger partial charge on any atom is 0.261 e. The Kier molecular flexibility index (Phi) is 8.70. The van der Waals surface area contributed by atoms with Gasteiger partial charge in [0.25, 0.3) is 10.0 Å². The summed E-state index contributed by atoms with van der Waals surface area (Å²) in [5.41, 5.74) is 4.03. The van der Waals surface area contributed by atoms with Gasteiger partial charge in [-0.05, 0) is 61.0 Å². The van der Waals surface area contributed by atoms with Gasteiger partial charge in [0.05, 0.1) is 10.6 Å². The standard InChI is InChI=1S/C30H24BrN3O3S3/c1-20-7-17-26(18-8-20)40(36,37)34-24-13-15-25(16-14-24)39-28(22-5-3-2-4-6-22)29(35)33-30-32-27(19-38-30)21-9-11-23(31)12-10-21/h2-19,28,34H,1H3,(H,32,33,35). The number of thiazole rings is 1. The second-order valence-corrected chi connectivity index (χ2v) is 13.5. The van der Waals surface area contributed by atoms with E-state index in [1.165, 1.54) is 23.1 Å². The summed E-state index contributed by atoms with van der Waals surface area (Å²) < 4.78 is 29.1. The maximum atomic E-state index is 13.5. The summed E-state index contributed by atoms with van der Waals surface area (Å²) in [5, 5.41) is 4.86. The highest BCUT2D eigenvalue weighted by Gasteiger charge is 2.23. The Hall–Kier alpha value is -3.44. The number of aromatic nitrogens is 1. The fourth-order valence-electron chi connectivity index (χ4n) is 3.83. The number of carbonyl (C=O) groups is 1. The number of nitrogens with zero attached hydrogens (tertiary/aromatic N) is 1. The zero-order valence-corrected chi connectivity index (χ0v) is 25.3. The topological polar surface area (TPSA) is 88.2 Å². The summed E-state index contributed by atoms with van der Waals surface area (Å²) >= 11 is 6.20. The molecular formula is C30H24BrN3O3S3. The molecule has 202 valence electrons. The van der Waals surface area contributed by atoms with Gasteiger partial charge in [0.2, 0.25) is 5.91 Å². The van der Waals surface area contributed by atoms with Crippen LogP contribution in [0.2, 0.25) is 0 Å². The van der Waals surface area contributed by atoms with Crippen LogP contribution in [-0.2, 0) is 14.8 Å². The van der Waals surface area contributed by atoms with Crippen molar-refractivity contribution in [2.45, 2.75) is 22.0 Å². The minimum atomic E-state index is -3.71. The van der Waals surface area contributed by atoms with Crippen LogP contribution in [0.5, 0.6) is 0 Å². The molecule has 0 spiro atoms. The minimum Gasteiger partial charge on any atom is -0.301 e. The second-order valence-electron chi connectivity index (χ2n) is 8.89. The maximum absolute atomic E-state index is 13.5. The van der Waals surface area contributed by atoms with Crippen molar-refractivity contribution < 1.29 is 13.2 Å². The Balaban J connectivity index is 1.31. The average Bonchev–Trinajstić information content (AvgIpc) is 3.42. The van der Waals surface area contributed by atoms with Crippen LogP contribution in [0, 0.1) is 6.92 Å². The molecule has 0 aliphatic heterocycles. The molecule has 0 saturated carbocycles. The number of rotatable bonds is 9. The number of aryl methyl sites for hydroxylation is 1. The number of sulfonamides is 1. The van der Waals surface area contributed by atoms with E-state index in [2.05, 4.69) is 31.0 Å². The monoisotopic (exact) mass is 649 g/mol. The van der Waals surface area contributed by atoms with Crippen LogP contribution in [0.4, 0.5) is 10.8 Å². The molecular weight excluding hydrogens is 626 g/mol. The number of amides is 1. The largest absolute Gasteiger partial charge is 0.301 e. The number of anilines is 2. The predicted molar refractivity (Wildman–Crippen MR) is 167 cm³/mol. The van der Waals surface area contributed by atoms with Crippen molar-refractivity contribution in [1.82, 2.24) is 4.98 Å². The van der Waals surface area contributed by atoms with Crippen LogP contribution in [-0.4, -0.2) is 19.3 Å². The summed E-state index contributed by atoms with van der Waals surface area (Å²) in [6.07, 6.45) is 0. The lowest BCUT2D eigenvalue weighted by molar-refractivity contribution is -0.115. The highest BCUT2D eigenvalue weighted by atomic mass is 79.9. The molecule has 1 atom stereocenters. The molecule has 0 saturated heterocycles. The number of nitrogens with one attached hydrogen (secondary N) is 2. The average molecular weight is 651 g/mol. The molecule has 6 nitrogen and oxygen atoms in total. The molecule has 0 aliphatic carbocycles. The molecule has 1 aromatic heterocycles. The molecule has 0 bridgehead atoms. The highest BCUT2D eigenvalue weighted by Crippen LogP contribution is 2.37. The van der Waals surface area contributed by atoms with Crippen molar-refractivity contribution in [3.63, 3.8) is 0 Å². The van der Waals surface area contributed by atoms with Gasteiger partial charge in [-0.25, -0.2) is 13.4 Å². The first kappa shape index (κ1) is 28.1. The Morgan fingerprint density at radius 1 is 0.900 bits per heavy atom. The van der Waals surface area contributed by atoms with Gasteiger partial charge >= 0.3 is 0 Å². The van der Waals surface area contributed by atoms with Crippen molar-refractivity contribution in [3.05, 3.63) is 124 Å². The highest BCUT2D eigenvalue weighted by molar-refractivity contribution is 9.10. The molecule has 40 heavy (non-hydrogen) atoms. The Morgan fingerprint density at radius 3 is 2.25 bits per heavy atom. The Bertz CT molecular complexity index is 1710. The fraction of sp³-hybridized carbons (Fsp3) is 0.0667. The van der Waals surface area contributed by atoms with Crippen LogP contribution in [0.15, 0.2) is 123 Å². The van der Waals surface area contributed by atoms with Gasteiger partial charge in [-0.2, -0.15) is 0 Å². The lowest BCUT2D eigenvalue weighted by atomic mass is 10.1. The summed E-state index contributed by atoms with van der Waals surface area (Å²) in [6, 6.07) is 31.0. The number of halogens is 1. The van der Waals surface area contributed by atoms with Crippen LogP contribution in [0.25, 0.3) is 11.3 Å². The summed E-state index contributed by atoms with van der Waals surface area (Å²) in [4.78, 5) is 19.1. The quantitative estimate of drug-likeness (QED) is 0.157. The van der Waals surface area contributed by atoms with Gasteiger partial charge in [-0.3, -0.25) is 9.52 Å². The van der Waals surface area contributed by atoms with E-state index in [1.54, 1.807) is 48.5 Å². The predicted octanol–water partition coefficient (Wildman–Crippen LogP) is 8.15. The summed E-state index contributed by atoms with van der Waals surface area (Å²) in [6.45, 7) is 1.90. The van der Waals surface area contributed by atoms with E-state index in [1.807, 2.05) is 66.9 Å². The zero-order valence-electron chi connectivity index (χ0n) is 21.2. The molecule has 2 N–H and O–H groups in total. The molecule has 0 aliphatic rings. The number of benzene rings is 4. The number of carbonyl (C=O) groups excluding carboxylic acids is 1. The lowest BCUT2D eigenvalue weighted by Crippen LogP contribution is -2.19. The molecule has 5 rings (SSSR count). The van der Waals surface area contributed by atoms with E-state index in [-0.39, 0.29) is 10.8 Å². The van der Waals surface area contributed by atoms with Crippen molar-refractivity contribution in [3.8, 4) is 11.3 Å². The molecule has 0 fully saturated rings. The third-order valence-corrected chi connectivity index (χ3v) is 9.86. The second kappa shape index (κ2) is 12.4. The van der Waals surface area contributed by atoms with E-state index < -0.39 is 15.3 Å². The first-order chi connectivity index (χ1) is 19.3. The van der Waals surface area contributed by atoms with Crippen molar-refractivity contribution in [1.29, 1.82) is 0 Å². The number of hydrogen-bond acceptors (Lipinski definition) is 6. The van der Waals surface area contributed by atoms with Crippen LogP contribution >= 0.6 is 39.0 Å². The van der Waals surface area contributed by atoms with E-state index in [9.17, 15) is 13.2 Å². The van der Waals surface area contributed by atoms with Gasteiger partial charge in [0.15, 0.2) is 5.13 Å². The Morgan fingerprint density at radius 2 is 1.57 bits per heavy atom. The molecule has 10 heteroatoms. The number of hydrogen-bond donors (Lipinski definition) is 2. The summed E-state index contributed by atoms with van der Waals surface area (Å²) in [7, 11) is -3.71. The zero-order chi connectivity index (χ0) is 28.1. The third-order valence-electron chi connectivity index (χ3n) is 5.91. The smallest absolute Gasteiger partial charge is 0.261 e. The number of thioether (sulfide) groups is 1. The van der Waals surface area contributed by atoms with Gasteiger partial charge in [-0.1, -0.05) is 76.1 Å². The summed E-state index contributed by atoms with van der Waals surface area (Å²) in [5.74, 6) is -0.197. The normalized spacial score (nSPS) is 12.1. The van der Waals surface area contributed by atoms with E-state index in [4.69, 9.17) is 0 Å². The van der Waals surface area contributed by atoms with E-state index >= 15 is 0 Å². The first-order valence-corrected chi connectivity index (χ1v) is 16.2. The minimum absolute atomic E-state index is 0.197. The van der Waals surface area contributed by atoms with Crippen LogP contribution < -0.4 is 10.0 Å². The molecule has 1 amide bonds. The van der Waals surface area contributed by atoms with Crippen LogP contribution in [0.1, 0.15) is 16.4 Å². The van der Waals surface area contributed by atoms with E-state index in [0.29, 0.717) is 10.8 Å². The van der Waals surface area contributed by atoms with Gasteiger partial charge < -0.3 is 5.32 Å². The lowest BCUT2D eigenvalue weighted by Gasteiger charge is -2.16. The fourth-order valence-corrected chi connectivity index (χ4v) is 6.90. The van der Waals surface area contributed by atoms with E-state index in [0.717, 1.165) is 31.8 Å².